The zero-order valence-electron chi connectivity index (χ0n) is 18.8. The van der Waals surface area contributed by atoms with E-state index in [0.717, 1.165) is 5.69 Å². The molecule has 1 heterocycles. The van der Waals surface area contributed by atoms with Gasteiger partial charge in [0.15, 0.2) is 5.78 Å². The second-order valence-electron chi connectivity index (χ2n) is 9.51. The summed E-state index contributed by atoms with van der Waals surface area (Å²) in [5.41, 5.74) is 1.40. The molecule has 0 aliphatic carbocycles. The molecule has 1 radical (unpaired) electrons. The van der Waals surface area contributed by atoms with Gasteiger partial charge >= 0.3 is 0 Å². The summed E-state index contributed by atoms with van der Waals surface area (Å²) >= 11 is 0. The van der Waals surface area contributed by atoms with Crippen LogP contribution in [0.1, 0.15) is 66.6 Å². The Morgan fingerprint density at radius 2 is 1.52 bits per heavy atom. The monoisotopic (exact) mass is 573 g/mol. The van der Waals surface area contributed by atoms with Gasteiger partial charge in [-0.05, 0) is 12.1 Å². The number of aliphatic hydroxyl groups is 1. The molecule has 161 valence electrons. The number of hydrogen-bond acceptors (Lipinski definition) is 3. The molecule has 3 nitrogen and oxygen atoms in total. The number of pyridine rings is 1. The normalized spacial score (nSPS) is 12.3. The molecular formula is C25H34IrNO2-. The van der Waals surface area contributed by atoms with Crippen LogP contribution in [0.3, 0.4) is 0 Å². The molecule has 1 aromatic heterocycles. The van der Waals surface area contributed by atoms with Crippen molar-refractivity contribution in [1.29, 1.82) is 0 Å². The van der Waals surface area contributed by atoms with E-state index in [0.29, 0.717) is 0 Å². The van der Waals surface area contributed by atoms with E-state index in [1.807, 2.05) is 78.1 Å². The average molecular weight is 573 g/mol. The van der Waals surface area contributed by atoms with Crippen molar-refractivity contribution in [3.05, 3.63) is 77.8 Å². The van der Waals surface area contributed by atoms with Crippen LogP contribution in [-0.4, -0.2) is 15.9 Å². The predicted molar refractivity (Wildman–Crippen MR) is 116 cm³/mol. The molecule has 0 unspecified atom stereocenters. The summed E-state index contributed by atoms with van der Waals surface area (Å²) in [6, 6.07) is 17.3. The van der Waals surface area contributed by atoms with Gasteiger partial charge in [-0.3, -0.25) is 9.78 Å². The molecule has 2 aromatic rings. The van der Waals surface area contributed by atoms with Crippen molar-refractivity contribution in [3.8, 4) is 0 Å². The number of carbonyl (C=O) groups excluding carboxylic acids is 1. The van der Waals surface area contributed by atoms with Crippen LogP contribution in [0, 0.1) is 16.9 Å². The van der Waals surface area contributed by atoms with E-state index < -0.39 is 5.41 Å². The largest absolute Gasteiger partial charge is 0.512 e. The van der Waals surface area contributed by atoms with E-state index in [1.54, 1.807) is 0 Å². The fraction of sp³-hybridized carbons (Fsp3) is 0.440. The Kier molecular flexibility index (Phi) is 10.2. The van der Waals surface area contributed by atoms with Gasteiger partial charge < -0.3 is 5.11 Å². The molecule has 1 aromatic carbocycles. The maximum absolute atomic E-state index is 11.5. The minimum atomic E-state index is -0.417. The molecule has 0 fully saturated rings. The minimum Gasteiger partial charge on any atom is -0.512 e. The Labute approximate surface area is 190 Å². The van der Waals surface area contributed by atoms with Crippen LogP contribution in [0.5, 0.6) is 0 Å². The van der Waals surface area contributed by atoms with Gasteiger partial charge in [-0.1, -0.05) is 61.5 Å². The number of ketones is 1. The van der Waals surface area contributed by atoms with Crippen LogP contribution in [0.2, 0.25) is 0 Å². The van der Waals surface area contributed by atoms with Gasteiger partial charge in [0.2, 0.25) is 0 Å². The molecule has 0 saturated carbocycles. The molecule has 1 N–H and O–H groups in total. The number of rotatable bonds is 3. The zero-order chi connectivity index (χ0) is 21.6. The van der Waals surface area contributed by atoms with Crippen LogP contribution in [0.25, 0.3) is 0 Å². The number of aliphatic hydroxyl groups excluding tert-OH is 1. The summed E-state index contributed by atoms with van der Waals surface area (Å²) in [6.07, 6.45) is 3.17. The van der Waals surface area contributed by atoms with Crippen LogP contribution in [-0.2, 0) is 30.3 Å². The molecule has 0 spiro atoms. The minimum absolute atomic E-state index is 0. The first-order chi connectivity index (χ1) is 12.8. The van der Waals surface area contributed by atoms with Crippen molar-refractivity contribution in [1.82, 2.24) is 4.98 Å². The second kappa shape index (κ2) is 10.8. The molecule has 0 aliphatic heterocycles. The molecule has 0 aliphatic rings. The van der Waals surface area contributed by atoms with E-state index in [2.05, 4.69) is 37.0 Å². The second-order valence-corrected chi connectivity index (χ2v) is 9.51. The topological polar surface area (TPSA) is 50.2 Å². The van der Waals surface area contributed by atoms with Crippen LogP contribution < -0.4 is 0 Å². The molecule has 0 atom stereocenters. The van der Waals surface area contributed by atoms with Crippen LogP contribution in [0.15, 0.2) is 60.5 Å². The van der Waals surface area contributed by atoms with Crippen molar-refractivity contribution in [2.75, 3.05) is 0 Å². The van der Waals surface area contributed by atoms with Crippen LogP contribution >= 0.6 is 0 Å². The maximum atomic E-state index is 11.5. The third-order valence-corrected chi connectivity index (χ3v) is 4.46. The van der Waals surface area contributed by atoms with Gasteiger partial charge in [0.05, 0.1) is 0 Å². The maximum Gasteiger partial charge on any atom is 0.164 e. The summed E-state index contributed by atoms with van der Waals surface area (Å²) in [4.78, 5) is 15.9. The van der Waals surface area contributed by atoms with Crippen molar-refractivity contribution < 1.29 is 30.0 Å². The Bertz CT molecular complexity index is 742. The molecule has 2 rings (SSSR count). The van der Waals surface area contributed by atoms with Gasteiger partial charge in [-0.15, -0.1) is 0 Å². The number of benzene rings is 1. The van der Waals surface area contributed by atoms with E-state index >= 15 is 0 Å². The van der Waals surface area contributed by atoms with Gasteiger partial charge in [-0.25, -0.2) is 0 Å². The van der Waals surface area contributed by atoms with Crippen molar-refractivity contribution in [3.63, 3.8) is 0 Å². The van der Waals surface area contributed by atoms with E-state index in [1.165, 1.54) is 11.6 Å². The molecular weight excluding hydrogens is 538 g/mol. The Morgan fingerprint density at radius 3 is 1.93 bits per heavy atom. The summed E-state index contributed by atoms with van der Waals surface area (Å²) in [7, 11) is 0. The van der Waals surface area contributed by atoms with Gasteiger partial charge in [0.25, 0.3) is 0 Å². The molecule has 4 heteroatoms. The van der Waals surface area contributed by atoms with E-state index in [9.17, 15) is 9.90 Å². The first-order valence-electron chi connectivity index (χ1n) is 9.60. The predicted octanol–water partition coefficient (Wildman–Crippen LogP) is 6.29. The fourth-order valence-corrected chi connectivity index (χ4v) is 2.21. The standard InChI is InChI=1S/C14H14N.C11H20O2.Ir/c1-14(2,12-8-4-3-5-9-12)13-10-6-7-11-15-13;1-10(2,3)8(12)7-9(13)11(4,5)6;/h3-8,10-11H,1-2H3;7,12H,1-6H3;/q-1;;/b;8-7-;. The molecule has 0 bridgehead atoms. The van der Waals surface area contributed by atoms with Crippen molar-refractivity contribution >= 4 is 5.78 Å². The molecule has 29 heavy (non-hydrogen) atoms. The number of allylic oxidation sites excluding steroid dienone is 2. The third kappa shape index (κ3) is 8.63. The Morgan fingerprint density at radius 1 is 0.931 bits per heavy atom. The Hall–Kier alpha value is -1.77. The number of aromatic nitrogens is 1. The van der Waals surface area contributed by atoms with Gasteiger partial charge in [-0.2, -0.15) is 35.9 Å². The number of carbonyl (C=O) groups is 1. The average Bonchev–Trinajstić information content (AvgIpc) is 2.62. The quantitative estimate of drug-likeness (QED) is 0.267. The fourth-order valence-electron chi connectivity index (χ4n) is 2.21. The summed E-state index contributed by atoms with van der Waals surface area (Å²) < 4.78 is 0. The SMILES string of the molecule is CC(C)(C)C(=O)/C=C(\O)C(C)(C)C.CC(C)(c1[c-]cccc1)c1ccccn1.[Ir]. The summed E-state index contributed by atoms with van der Waals surface area (Å²) in [5, 5.41) is 9.56. The van der Waals surface area contributed by atoms with Crippen LogP contribution in [0.4, 0.5) is 0 Å². The van der Waals surface area contributed by atoms with E-state index in [-0.39, 0.29) is 42.5 Å². The first kappa shape index (κ1) is 27.2. The van der Waals surface area contributed by atoms with Crippen molar-refractivity contribution in [2.45, 2.75) is 60.8 Å². The molecule has 0 saturated heterocycles. The summed E-state index contributed by atoms with van der Waals surface area (Å²) in [6.45, 7) is 15.5. The smallest absolute Gasteiger partial charge is 0.164 e. The first-order valence-corrected chi connectivity index (χ1v) is 9.60. The number of nitrogens with zero attached hydrogens (tertiary/aromatic N) is 1. The third-order valence-electron chi connectivity index (χ3n) is 4.46. The van der Waals surface area contributed by atoms with Gasteiger partial charge in [0.1, 0.15) is 5.76 Å². The van der Waals surface area contributed by atoms with Gasteiger partial charge in [0, 0.05) is 54.3 Å². The zero-order valence-corrected chi connectivity index (χ0v) is 21.2. The van der Waals surface area contributed by atoms with Crippen molar-refractivity contribution in [2.24, 2.45) is 10.8 Å². The van der Waals surface area contributed by atoms with E-state index in [4.69, 9.17) is 0 Å². The summed E-state index contributed by atoms with van der Waals surface area (Å²) in [5.74, 6) is 0.104. The Balaban J connectivity index is 0.000000530. The molecule has 0 amide bonds. The number of hydrogen-bond donors (Lipinski definition) is 1.